The predicted molar refractivity (Wildman–Crippen MR) is 96.2 cm³/mol. The zero-order valence-electron chi connectivity index (χ0n) is 14.9. The smallest absolute Gasteiger partial charge is 0.321 e. The van der Waals surface area contributed by atoms with E-state index in [0.29, 0.717) is 12.1 Å². The molecule has 2 nitrogen and oxygen atoms in total. The number of rotatable bonds is 3. The van der Waals surface area contributed by atoms with Crippen LogP contribution in [0.3, 0.4) is 0 Å². The van der Waals surface area contributed by atoms with E-state index in [1.54, 1.807) is 0 Å². The molecule has 0 heterocycles. The van der Waals surface area contributed by atoms with Crippen LogP contribution in [0.25, 0.3) is 11.1 Å². The molecule has 0 bridgehead atoms. The average molecular weight is 427 g/mol. The van der Waals surface area contributed by atoms with Crippen LogP contribution in [0.4, 0.5) is 36.4 Å². The first-order valence-corrected chi connectivity index (χ1v) is 8.42. The normalized spacial score (nSPS) is 12.0. The lowest BCUT2D eigenvalue weighted by Crippen LogP contribution is -2.19. The van der Waals surface area contributed by atoms with Gasteiger partial charge in [-0.2, -0.15) is 26.3 Å². The largest absolute Gasteiger partial charge is 0.419 e. The van der Waals surface area contributed by atoms with Crippen LogP contribution in [-0.2, 0) is 12.4 Å². The van der Waals surface area contributed by atoms with Crippen LogP contribution in [-0.4, -0.2) is 5.91 Å². The molecule has 0 fully saturated rings. The number of anilines is 1. The summed E-state index contributed by atoms with van der Waals surface area (Å²) in [6, 6.07) is 12.0. The van der Waals surface area contributed by atoms with Crippen molar-refractivity contribution in [1.29, 1.82) is 0 Å². The quantitative estimate of drug-likeness (QED) is 0.459. The molecule has 0 aliphatic heterocycles. The summed E-state index contributed by atoms with van der Waals surface area (Å²) in [6.07, 6.45) is -9.71. The molecule has 0 atom stereocenters. The molecule has 0 unspecified atom stereocenters. The summed E-state index contributed by atoms with van der Waals surface area (Å²) in [7, 11) is 0. The van der Waals surface area contributed by atoms with Crippen molar-refractivity contribution in [1.82, 2.24) is 0 Å². The molecule has 0 aliphatic rings. The molecule has 3 aromatic carbocycles. The number of carbonyl (C=O) groups excluding carboxylic acids is 1. The van der Waals surface area contributed by atoms with Crippen LogP contribution in [0.1, 0.15) is 21.5 Å². The van der Waals surface area contributed by atoms with Gasteiger partial charge in [-0.3, -0.25) is 4.79 Å². The fourth-order valence-electron chi connectivity index (χ4n) is 2.87. The molecule has 0 saturated heterocycles. The van der Waals surface area contributed by atoms with Crippen molar-refractivity contribution in [3.8, 4) is 11.1 Å². The topological polar surface area (TPSA) is 29.1 Å². The van der Waals surface area contributed by atoms with Crippen LogP contribution in [0.15, 0.2) is 66.7 Å². The molecule has 3 rings (SSSR count). The summed E-state index contributed by atoms with van der Waals surface area (Å²) < 4.78 is 92.1. The monoisotopic (exact) mass is 427 g/mol. The van der Waals surface area contributed by atoms with Gasteiger partial charge in [0.05, 0.1) is 16.7 Å². The number of carbonyl (C=O) groups is 1. The minimum absolute atomic E-state index is 0.0285. The van der Waals surface area contributed by atoms with E-state index in [1.165, 1.54) is 30.3 Å². The van der Waals surface area contributed by atoms with Crippen LogP contribution in [0.2, 0.25) is 0 Å². The molecule has 9 heteroatoms. The Morgan fingerprint density at radius 3 is 2.00 bits per heavy atom. The van der Waals surface area contributed by atoms with Gasteiger partial charge in [-0.1, -0.05) is 36.4 Å². The van der Waals surface area contributed by atoms with Gasteiger partial charge in [-0.25, -0.2) is 4.39 Å². The first-order valence-electron chi connectivity index (χ1n) is 8.42. The van der Waals surface area contributed by atoms with Gasteiger partial charge in [0, 0.05) is 11.3 Å². The Hall–Kier alpha value is -3.36. The number of hydrogen-bond donors (Lipinski definition) is 1. The average Bonchev–Trinajstić information content (AvgIpc) is 2.67. The van der Waals surface area contributed by atoms with Gasteiger partial charge in [0.1, 0.15) is 5.82 Å². The fourth-order valence-corrected chi connectivity index (χ4v) is 2.87. The summed E-state index contributed by atoms with van der Waals surface area (Å²) in [6.45, 7) is 0. The molecule has 0 spiro atoms. The Balaban J connectivity index is 2.02. The number of hydrogen-bond acceptors (Lipinski definition) is 1. The Kier molecular flexibility index (Phi) is 5.56. The number of alkyl halides is 6. The van der Waals surface area contributed by atoms with Gasteiger partial charge < -0.3 is 5.32 Å². The first kappa shape index (κ1) is 21.4. The van der Waals surface area contributed by atoms with E-state index in [2.05, 4.69) is 5.32 Å². The fraction of sp³-hybridized carbons (Fsp3) is 0.0952. The molecule has 0 aliphatic carbocycles. The molecule has 1 N–H and O–H groups in total. The maximum Gasteiger partial charge on any atom is 0.419 e. The molecule has 0 aromatic heterocycles. The van der Waals surface area contributed by atoms with E-state index >= 15 is 0 Å². The van der Waals surface area contributed by atoms with Gasteiger partial charge in [0.25, 0.3) is 5.91 Å². The molecular formula is C21H12F7NO. The van der Waals surface area contributed by atoms with Crippen molar-refractivity contribution in [2.24, 2.45) is 0 Å². The molecule has 1 amide bonds. The van der Waals surface area contributed by atoms with Crippen molar-refractivity contribution in [3.63, 3.8) is 0 Å². The van der Waals surface area contributed by atoms with Crippen molar-refractivity contribution in [3.05, 3.63) is 89.2 Å². The number of amides is 1. The zero-order chi connectivity index (χ0) is 22.1. The molecule has 3 aromatic rings. The van der Waals surface area contributed by atoms with Crippen molar-refractivity contribution < 1.29 is 35.5 Å². The van der Waals surface area contributed by atoms with Crippen LogP contribution >= 0.6 is 0 Å². The third-order valence-electron chi connectivity index (χ3n) is 4.24. The van der Waals surface area contributed by atoms with Crippen molar-refractivity contribution in [2.45, 2.75) is 12.4 Å². The minimum Gasteiger partial charge on any atom is -0.321 e. The van der Waals surface area contributed by atoms with Crippen molar-refractivity contribution in [2.75, 3.05) is 5.32 Å². The molecule has 0 radical (unpaired) electrons. The highest BCUT2D eigenvalue weighted by molar-refractivity contribution is 6.07. The lowest BCUT2D eigenvalue weighted by atomic mass is 10.00. The summed E-state index contributed by atoms with van der Waals surface area (Å²) in [4.78, 5) is 12.5. The first-order chi connectivity index (χ1) is 14.0. The molecule has 0 saturated carbocycles. The summed E-state index contributed by atoms with van der Waals surface area (Å²) in [5, 5.41) is 2.30. The number of halogens is 7. The van der Waals surface area contributed by atoms with E-state index < -0.39 is 40.8 Å². The third kappa shape index (κ3) is 4.45. The van der Waals surface area contributed by atoms with Gasteiger partial charge in [0.2, 0.25) is 0 Å². The van der Waals surface area contributed by atoms with Crippen molar-refractivity contribution >= 4 is 11.6 Å². The Bertz CT molecular complexity index is 1090. The maximum atomic E-state index is 13.6. The standard InChI is InChI=1S/C21H12F7NO/c22-17-10-9-12(11-16(17)21(26,27)28)13-5-2-4-8-18(13)29-19(30)14-6-1-3-7-15(14)20(23,24)25/h1-11H,(H,29,30). The van der Waals surface area contributed by atoms with Crippen LogP contribution < -0.4 is 5.32 Å². The summed E-state index contributed by atoms with van der Waals surface area (Å²) >= 11 is 0. The maximum absolute atomic E-state index is 13.6. The minimum atomic E-state index is -4.94. The lowest BCUT2D eigenvalue weighted by Gasteiger charge is -2.16. The van der Waals surface area contributed by atoms with E-state index in [0.717, 1.165) is 24.3 Å². The van der Waals surface area contributed by atoms with Gasteiger partial charge in [0.15, 0.2) is 0 Å². The van der Waals surface area contributed by atoms with E-state index in [-0.39, 0.29) is 16.8 Å². The van der Waals surface area contributed by atoms with Gasteiger partial charge >= 0.3 is 12.4 Å². The zero-order valence-corrected chi connectivity index (χ0v) is 14.9. The number of benzene rings is 3. The van der Waals surface area contributed by atoms with E-state index in [1.807, 2.05) is 0 Å². The number of para-hydroxylation sites is 1. The highest BCUT2D eigenvalue weighted by Crippen LogP contribution is 2.37. The second-order valence-corrected chi connectivity index (χ2v) is 6.24. The predicted octanol–water partition coefficient (Wildman–Crippen LogP) is 6.78. The van der Waals surface area contributed by atoms with E-state index in [9.17, 15) is 35.5 Å². The summed E-state index contributed by atoms with van der Waals surface area (Å²) in [5.74, 6) is -2.56. The lowest BCUT2D eigenvalue weighted by molar-refractivity contribution is -0.140. The summed E-state index contributed by atoms with van der Waals surface area (Å²) in [5.41, 5.74) is -3.30. The highest BCUT2D eigenvalue weighted by atomic mass is 19.4. The Morgan fingerprint density at radius 2 is 1.33 bits per heavy atom. The molecule has 30 heavy (non-hydrogen) atoms. The second kappa shape index (κ2) is 7.81. The Labute approximate surface area is 166 Å². The van der Waals surface area contributed by atoms with Gasteiger partial charge in [-0.05, 0) is 35.9 Å². The SMILES string of the molecule is O=C(Nc1ccccc1-c1ccc(F)c(C(F)(F)F)c1)c1ccccc1C(F)(F)F. The van der Waals surface area contributed by atoms with Crippen LogP contribution in [0, 0.1) is 5.82 Å². The molecular weight excluding hydrogens is 415 g/mol. The van der Waals surface area contributed by atoms with Gasteiger partial charge in [-0.15, -0.1) is 0 Å². The third-order valence-corrected chi connectivity index (χ3v) is 4.24. The highest BCUT2D eigenvalue weighted by Gasteiger charge is 2.36. The molecule has 156 valence electrons. The van der Waals surface area contributed by atoms with Crippen LogP contribution in [0.5, 0.6) is 0 Å². The Morgan fingerprint density at radius 1 is 0.733 bits per heavy atom. The van der Waals surface area contributed by atoms with E-state index in [4.69, 9.17) is 0 Å². The number of nitrogens with one attached hydrogen (secondary N) is 1. The second-order valence-electron chi connectivity index (χ2n) is 6.24.